The van der Waals surface area contributed by atoms with E-state index >= 15 is 0 Å². The molecular weight excluding hydrogens is 335 g/mol. The summed E-state index contributed by atoms with van der Waals surface area (Å²) in [5.41, 5.74) is 0.271. The molecule has 142 valence electrons. The number of carbonyl (C=O) groups is 2. The number of urea groups is 1. The number of likely N-dealkylation sites (tertiary alicyclic amines) is 1. The van der Waals surface area contributed by atoms with Crippen LogP contribution in [0, 0.1) is 5.82 Å². The van der Waals surface area contributed by atoms with Crippen LogP contribution in [0.4, 0.5) is 14.9 Å². The Morgan fingerprint density at radius 3 is 2.81 bits per heavy atom. The van der Waals surface area contributed by atoms with Gasteiger partial charge in [-0.2, -0.15) is 0 Å². The zero-order valence-corrected chi connectivity index (χ0v) is 15.5. The molecule has 1 aromatic rings. The van der Waals surface area contributed by atoms with Gasteiger partial charge in [0.2, 0.25) is 5.91 Å². The van der Waals surface area contributed by atoms with E-state index in [0.717, 1.165) is 32.5 Å². The average molecular weight is 362 g/mol. The Morgan fingerprint density at radius 1 is 1.27 bits per heavy atom. The molecule has 7 heteroatoms. The molecule has 2 heterocycles. The van der Waals surface area contributed by atoms with Crippen molar-refractivity contribution in [3.63, 3.8) is 0 Å². The van der Waals surface area contributed by atoms with Gasteiger partial charge in [-0.1, -0.05) is 6.07 Å². The fourth-order valence-electron chi connectivity index (χ4n) is 3.97. The van der Waals surface area contributed by atoms with Crippen molar-refractivity contribution in [2.75, 3.05) is 45.1 Å². The zero-order chi connectivity index (χ0) is 18.7. The third-order valence-corrected chi connectivity index (χ3v) is 5.75. The Kier molecular flexibility index (Phi) is 5.46. The summed E-state index contributed by atoms with van der Waals surface area (Å²) in [4.78, 5) is 30.9. The lowest BCUT2D eigenvalue weighted by Crippen LogP contribution is -2.62. The summed E-state index contributed by atoms with van der Waals surface area (Å²) in [7, 11) is 2.08. The van der Waals surface area contributed by atoms with Gasteiger partial charge in [-0.15, -0.1) is 0 Å². The van der Waals surface area contributed by atoms with Gasteiger partial charge in [0.25, 0.3) is 0 Å². The van der Waals surface area contributed by atoms with Crippen LogP contribution in [-0.4, -0.2) is 71.9 Å². The SMILES string of the molecule is CCN1CCC2(CCC1=O)CN(C(=O)Nc1cccc(F)c1)CCN2C. The van der Waals surface area contributed by atoms with Crippen molar-refractivity contribution in [1.29, 1.82) is 0 Å². The molecule has 1 N–H and O–H groups in total. The van der Waals surface area contributed by atoms with Crippen LogP contribution in [0.5, 0.6) is 0 Å². The standard InChI is InChI=1S/C19H27FN4O2/c1-3-23-10-9-19(8-7-17(23)25)14-24(12-11-22(19)2)18(26)21-16-6-4-5-15(20)13-16/h4-6,13H,3,7-12,14H2,1-2H3,(H,21,26). The lowest BCUT2D eigenvalue weighted by atomic mass is 9.86. The quantitative estimate of drug-likeness (QED) is 0.879. The van der Waals surface area contributed by atoms with Crippen LogP contribution in [0.15, 0.2) is 24.3 Å². The molecule has 0 aromatic heterocycles. The minimum absolute atomic E-state index is 0.183. The van der Waals surface area contributed by atoms with Gasteiger partial charge >= 0.3 is 6.03 Å². The average Bonchev–Trinajstić information content (AvgIpc) is 2.77. The Labute approximate surface area is 153 Å². The number of hydrogen-bond acceptors (Lipinski definition) is 3. The van der Waals surface area contributed by atoms with Crippen molar-refractivity contribution in [1.82, 2.24) is 14.7 Å². The number of nitrogens with one attached hydrogen (secondary N) is 1. The molecule has 1 unspecified atom stereocenters. The largest absolute Gasteiger partial charge is 0.343 e. The highest BCUT2D eigenvalue weighted by molar-refractivity contribution is 5.89. The number of piperazine rings is 1. The van der Waals surface area contributed by atoms with E-state index in [0.29, 0.717) is 25.2 Å². The van der Waals surface area contributed by atoms with Crippen LogP contribution in [0.2, 0.25) is 0 Å². The van der Waals surface area contributed by atoms with Gasteiger partial charge in [0.1, 0.15) is 5.82 Å². The molecule has 0 radical (unpaired) electrons. The molecule has 0 aliphatic carbocycles. The molecule has 0 bridgehead atoms. The monoisotopic (exact) mass is 362 g/mol. The number of carbonyl (C=O) groups excluding carboxylic acids is 2. The summed E-state index contributed by atoms with van der Waals surface area (Å²) in [5, 5.41) is 2.78. The lowest BCUT2D eigenvalue weighted by Gasteiger charge is -2.49. The number of hydrogen-bond donors (Lipinski definition) is 1. The zero-order valence-electron chi connectivity index (χ0n) is 15.5. The minimum Gasteiger partial charge on any atom is -0.343 e. The third kappa shape index (κ3) is 3.82. The second-order valence-corrected chi connectivity index (χ2v) is 7.23. The van der Waals surface area contributed by atoms with Crippen LogP contribution >= 0.6 is 0 Å². The van der Waals surface area contributed by atoms with Crippen molar-refractivity contribution in [2.24, 2.45) is 0 Å². The predicted octanol–water partition coefficient (Wildman–Crippen LogP) is 2.38. The highest BCUT2D eigenvalue weighted by Gasteiger charge is 2.43. The maximum Gasteiger partial charge on any atom is 0.321 e. The van der Waals surface area contributed by atoms with Gasteiger partial charge in [-0.3, -0.25) is 9.69 Å². The number of amides is 3. The number of likely N-dealkylation sites (N-methyl/N-ethyl adjacent to an activating group) is 1. The van der Waals surface area contributed by atoms with E-state index < -0.39 is 0 Å². The van der Waals surface area contributed by atoms with Crippen LogP contribution in [0.25, 0.3) is 0 Å². The van der Waals surface area contributed by atoms with Gasteiger partial charge in [0, 0.05) is 50.4 Å². The highest BCUT2D eigenvalue weighted by atomic mass is 19.1. The van der Waals surface area contributed by atoms with E-state index in [9.17, 15) is 14.0 Å². The third-order valence-electron chi connectivity index (χ3n) is 5.75. The van der Waals surface area contributed by atoms with Gasteiger partial charge in [-0.05, 0) is 45.0 Å². The first-order valence-electron chi connectivity index (χ1n) is 9.24. The van der Waals surface area contributed by atoms with Crippen LogP contribution in [0.1, 0.15) is 26.2 Å². The van der Waals surface area contributed by atoms with Crippen molar-refractivity contribution < 1.29 is 14.0 Å². The fraction of sp³-hybridized carbons (Fsp3) is 0.579. The molecule has 2 saturated heterocycles. The summed E-state index contributed by atoms with van der Waals surface area (Å²) in [6.45, 7) is 5.40. The Balaban J connectivity index is 1.71. The lowest BCUT2D eigenvalue weighted by molar-refractivity contribution is -0.130. The van der Waals surface area contributed by atoms with Crippen molar-refractivity contribution in [3.8, 4) is 0 Å². The first-order chi connectivity index (χ1) is 12.4. The topological polar surface area (TPSA) is 55.9 Å². The predicted molar refractivity (Wildman–Crippen MR) is 98.5 cm³/mol. The van der Waals surface area contributed by atoms with E-state index in [-0.39, 0.29) is 23.3 Å². The summed E-state index contributed by atoms with van der Waals surface area (Å²) in [6, 6.07) is 5.70. The van der Waals surface area contributed by atoms with Crippen molar-refractivity contribution >= 4 is 17.6 Å². The molecule has 2 aliphatic rings. The van der Waals surface area contributed by atoms with E-state index in [2.05, 4.69) is 17.3 Å². The van der Waals surface area contributed by atoms with Gasteiger partial charge < -0.3 is 15.1 Å². The molecule has 2 aliphatic heterocycles. The van der Waals surface area contributed by atoms with E-state index in [1.54, 1.807) is 17.0 Å². The van der Waals surface area contributed by atoms with Gasteiger partial charge in [0.15, 0.2) is 0 Å². The van der Waals surface area contributed by atoms with E-state index in [4.69, 9.17) is 0 Å². The smallest absolute Gasteiger partial charge is 0.321 e. The normalized spacial score (nSPS) is 24.7. The maximum atomic E-state index is 13.3. The molecule has 2 fully saturated rings. The number of rotatable bonds is 2. The van der Waals surface area contributed by atoms with Gasteiger partial charge in [0.05, 0.1) is 0 Å². The first kappa shape index (κ1) is 18.6. The summed E-state index contributed by atoms with van der Waals surface area (Å²) in [6.07, 6.45) is 2.12. The molecular formula is C19H27FN4O2. The number of nitrogens with zero attached hydrogens (tertiary/aromatic N) is 3. The Hall–Kier alpha value is -2.15. The molecule has 1 spiro atoms. The molecule has 1 aromatic carbocycles. The number of benzene rings is 1. The summed E-state index contributed by atoms with van der Waals surface area (Å²) >= 11 is 0. The molecule has 1 atom stereocenters. The molecule has 3 amide bonds. The molecule has 0 saturated carbocycles. The summed E-state index contributed by atoms with van der Waals surface area (Å²) < 4.78 is 13.3. The van der Waals surface area contributed by atoms with E-state index in [1.807, 2.05) is 11.8 Å². The van der Waals surface area contributed by atoms with E-state index in [1.165, 1.54) is 12.1 Å². The van der Waals surface area contributed by atoms with Crippen LogP contribution in [-0.2, 0) is 4.79 Å². The minimum atomic E-state index is -0.375. The molecule has 26 heavy (non-hydrogen) atoms. The van der Waals surface area contributed by atoms with Gasteiger partial charge in [-0.25, -0.2) is 9.18 Å². The molecule has 6 nitrogen and oxygen atoms in total. The number of halogens is 1. The van der Waals surface area contributed by atoms with Crippen LogP contribution in [0.3, 0.4) is 0 Å². The Bertz CT molecular complexity index is 683. The Morgan fingerprint density at radius 2 is 2.08 bits per heavy atom. The number of anilines is 1. The fourth-order valence-corrected chi connectivity index (χ4v) is 3.97. The van der Waals surface area contributed by atoms with Crippen molar-refractivity contribution in [2.45, 2.75) is 31.7 Å². The maximum absolute atomic E-state index is 13.3. The highest BCUT2D eigenvalue weighted by Crippen LogP contribution is 2.32. The van der Waals surface area contributed by atoms with Crippen LogP contribution < -0.4 is 5.32 Å². The first-order valence-corrected chi connectivity index (χ1v) is 9.24. The summed E-state index contributed by atoms with van der Waals surface area (Å²) in [5.74, 6) is -0.182. The second-order valence-electron chi connectivity index (χ2n) is 7.23. The second kappa shape index (κ2) is 7.61. The molecule has 3 rings (SSSR count). The van der Waals surface area contributed by atoms with Crippen molar-refractivity contribution in [3.05, 3.63) is 30.1 Å².